The molecule has 2 atom stereocenters. The van der Waals surface area contributed by atoms with E-state index in [1.807, 2.05) is 46.5 Å². The number of H-pyrrole nitrogens is 2. The van der Waals surface area contributed by atoms with Crippen LogP contribution in [-0.2, 0) is 9.59 Å². The summed E-state index contributed by atoms with van der Waals surface area (Å²) in [5.74, 6) is 2.56. The van der Waals surface area contributed by atoms with Crippen molar-refractivity contribution in [1.82, 2.24) is 40.0 Å². The van der Waals surface area contributed by atoms with Crippen LogP contribution in [0.25, 0.3) is 33.6 Å². The average Bonchev–Trinajstić information content (AvgIpc) is 3.83. The van der Waals surface area contributed by atoms with Crippen LogP contribution in [0.2, 0.25) is 0 Å². The van der Waals surface area contributed by atoms with E-state index in [1.165, 1.54) is 0 Å². The second-order valence-electron chi connectivity index (χ2n) is 13.6. The maximum atomic E-state index is 13.0. The molecular formula is C36H46N8O2. The van der Waals surface area contributed by atoms with Gasteiger partial charge in [-0.2, -0.15) is 0 Å². The van der Waals surface area contributed by atoms with E-state index in [1.54, 1.807) is 0 Å². The number of carbonyl (C=O) groups is 2. The Balaban J connectivity index is 1.13. The predicted molar refractivity (Wildman–Crippen MR) is 180 cm³/mol. The predicted octanol–water partition coefficient (Wildman–Crippen LogP) is 6.47. The molecule has 10 nitrogen and oxygen atoms in total. The number of benzene rings is 2. The molecule has 46 heavy (non-hydrogen) atoms. The van der Waals surface area contributed by atoms with Crippen LogP contribution >= 0.6 is 0 Å². The van der Waals surface area contributed by atoms with Gasteiger partial charge in [0, 0.05) is 40.0 Å². The van der Waals surface area contributed by atoms with Gasteiger partial charge in [-0.3, -0.25) is 19.6 Å². The lowest BCUT2D eigenvalue weighted by molar-refractivity contribution is -0.147. The molecular weight excluding hydrogens is 576 g/mol. The van der Waals surface area contributed by atoms with Crippen molar-refractivity contribution in [3.05, 3.63) is 72.6 Å². The van der Waals surface area contributed by atoms with Gasteiger partial charge >= 0.3 is 0 Å². The average molecular weight is 623 g/mol. The maximum absolute atomic E-state index is 13.0. The van der Waals surface area contributed by atoms with Gasteiger partial charge in [-0.05, 0) is 46.9 Å². The van der Waals surface area contributed by atoms with E-state index in [4.69, 9.17) is 0 Å². The first-order chi connectivity index (χ1) is 22.1. The van der Waals surface area contributed by atoms with Crippen molar-refractivity contribution in [3.8, 4) is 33.6 Å². The van der Waals surface area contributed by atoms with Crippen molar-refractivity contribution in [2.75, 3.05) is 27.2 Å². The number of hydrogen-bond acceptors (Lipinski definition) is 6. The number of nitrogens with zero attached hydrogens (tertiary/aromatic N) is 6. The fourth-order valence-electron chi connectivity index (χ4n) is 6.66. The summed E-state index contributed by atoms with van der Waals surface area (Å²) in [6.45, 7) is 9.95. The molecule has 0 saturated carbocycles. The summed E-state index contributed by atoms with van der Waals surface area (Å²) in [5.41, 5.74) is 6.22. The number of rotatable bonds is 9. The molecule has 4 aromatic rings. The second kappa shape index (κ2) is 13.2. The molecule has 10 heteroatoms. The minimum atomic E-state index is -0.0699. The Morgan fingerprint density at radius 3 is 1.35 bits per heavy atom. The molecule has 2 saturated heterocycles. The van der Waals surface area contributed by atoms with Crippen LogP contribution in [0.15, 0.2) is 60.9 Å². The van der Waals surface area contributed by atoms with Crippen LogP contribution in [0.1, 0.15) is 77.1 Å². The first-order valence-electron chi connectivity index (χ1n) is 16.5. The largest absolute Gasteiger partial charge is 0.340 e. The van der Waals surface area contributed by atoms with Gasteiger partial charge in [-0.1, -0.05) is 76.2 Å². The van der Waals surface area contributed by atoms with Crippen molar-refractivity contribution < 1.29 is 9.59 Å². The minimum Gasteiger partial charge on any atom is -0.340 e. The summed E-state index contributed by atoms with van der Waals surface area (Å²) < 4.78 is 0. The summed E-state index contributed by atoms with van der Waals surface area (Å²) in [6, 6.07) is 16.8. The number of hydrazine groups is 2. The number of imidazole rings is 2. The third-order valence-corrected chi connectivity index (χ3v) is 9.00. The highest BCUT2D eigenvalue weighted by Crippen LogP contribution is 2.34. The fraction of sp³-hybridized carbons (Fsp3) is 0.444. The number of hydrogen-bond donors (Lipinski definition) is 2. The van der Waals surface area contributed by atoms with Crippen molar-refractivity contribution in [2.45, 2.75) is 65.5 Å². The Morgan fingerprint density at radius 1 is 0.652 bits per heavy atom. The molecule has 242 valence electrons. The van der Waals surface area contributed by atoms with Gasteiger partial charge in [0.15, 0.2) is 0 Å². The summed E-state index contributed by atoms with van der Waals surface area (Å²) >= 11 is 0. The third kappa shape index (κ3) is 6.50. The first-order valence-corrected chi connectivity index (χ1v) is 16.5. The Labute approximate surface area is 271 Å². The number of aromatic amines is 2. The molecule has 0 spiro atoms. The van der Waals surface area contributed by atoms with E-state index in [9.17, 15) is 9.59 Å². The normalized spacial score (nSPS) is 19.2. The van der Waals surface area contributed by atoms with Crippen molar-refractivity contribution in [2.24, 2.45) is 11.8 Å². The highest BCUT2D eigenvalue weighted by Gasteiger charge is 2.37. The lowest BCUT2D eigenvalue weighted by Crippen LogP contribution is -2.40. The van der Waals surface area contributed by atoms with Crippen LogP contribution in [0.5, 0.6) is 0 Å². The first kappa shape index (κ1) is 31.7. The van der Waals surface area contributed by atoms with Crippen LogP contribution in [0.4, 0.5) is 0 Å². The molecule has 2 amide bonds. The Kier molecular flexibility index (Phi) is 9.11. The maximum Gasteiger partial charge on any atom is 0.237 e. The zero-order chi connectivity index (χ0) is 32.5. The van der Waals surface area contributed by atoms with Crippen molar-refractivity contribution >= 4 is 11.8 Å². The van der Waals surface area contributed by atoms with E-state index in [-0.39, 0.29) is 23.9 Å². The molecule has 2 aromatic heterocycles. The molecule has 2 aliphatic heterocycles. The second-order valence-corrected chi connectivity index (χ2v) is 13.6. The number of amides is 2. The van der Waals surface area contributed by atoms with Gasteiger partial charge < -0.3 is 9.97 Å². The topological polar surface area (TPSA) is 104 Å². The van der Waals surface area contributed by atoms with Gasteiger partial charge in [0.2, 0.25) is 11.8 Å². The molecule has 2 aromatic carbocycles. The van der Waals surface area contributed by atoms with Crippen LogP contribution in [-0.4, -0.2) is 79.0 Å². The zero-order valence-electron chi connectivity index (χ0n) is 27.8. The fourth-order valence-corrected chi connectivity index (χ4v) is 6.66. The molecule has 2 unspecified atom stereocenters. The Bertz CT molecular complexity index is 1530. The van der Waals surface area contributed by atoms with E-state index < -0.39 is 0 Å². The summed E-state index contributed by atoms with van der Waals surface area (Å²) in [4.78, 5) is 42.3. The zero-order valence-corrected chi connectivity index (χ0v) is 27.8. The van der Waals surface area contributed by atoms with Gasteiger partial charge in [-0.25, -0.2) is 20.0 Å². The molecule has 6 rings (SSSR count). The lowest BCUT2D eigenvalue weighted by Gasteiger charge is -2.29. The molecule has 0 aliphatic carbocycles. The molecule has 2 fully saturated rings. The highest BCUT2D eigenvalue weighted by molar-refractivity contribution is 5.77. The van der Waals surface area contributed by atoms with Gasteiger partial charge in [0.1, 0.15) is 23.7 Å². The molecule has 4 heterocycles. The summed E-state index contributed by atoms with van der Waals surface area (Å²) in [7, 11) is 3.95. The highest BCUT2D eigenvalue weighted by atomic mass is 16.2. The van der Waals surface area contributed by atoms with Crippen LogP contribution < -0.4 is 0 Å². The van der Waals surface area contributed by atoms with Gasteiger partial charge in [-0.15, -0.1) is 0 Å². The molecule has 2 aliphatic rings. The monoisotopic (exact) mass is 622 g/mol. The molecule has 2 N–H and O–H groups in total. The van der Waals surface area contributed by atoms with Crippen molar-refractivity contribution in [3.63, 3.8) is 0 Å². The van der Waals surface area contributed by atoms with Crippen LogP contribution in [0, 0.1) is 11.8 Å². The van der Waals surface area contributed by atoms with E-state index in [0.717, 1.165) is 71.2 Å². The third-order valence-electron chi connectivity index (χ3n) is 9.00. The molecule has 0 bridgehead atoms. The number of aromatic nitrogens is 4. The lowest BCUT2D eigenvalue weighted by atomic mass is 10.0. The number of nitrogens with one attached hydrogen (secondary N) is 2. The van der Waals surface area contributed by atoms with E-state index >= 15 is 0 Å². The Hall–Kier alpha value is -4.28. The Morgan fingerprint density at radius 2 is 1.00 bits per heavy atom. The van der Waals surface area contributed by atoms with E-state index in [0.29, 0.717) is 24.7 Å². The van der Waals surface area contributed by atoms with Gasteiger partial charge in [0.25, 0.3) is 0 Å². The SMILES string of the molecule is CC(C)CC(=O)N1C(c2ncc(-c3ccc(-c4ccc(-c5cnc(C6CCN(C)N6C(=O)CC(C)C)[nH]5)cc4)cc3)[nH]2)CCN1C. The quantitative estimate of drug-likeness (QED) is 0.222. The minimum absolute atomic E-state index is 0.0699. The van der Waals surface area contributed by atoms with Crippen LogP contribution in [0.3, 0.4) is 0 Å². The summed E-state index contributed by atoms with van der Waals surface area (Å²) in [5, 5.41) is 7.77. The number of carbonyl (C=O) groups excluding carboxylic acids is 2. The standard InChI is InChI=1S/C36H46N8O2/c1-23(2)19-33(45)43-31(15-17-41(43)5)35-37-21-29(39-35)27-11-7-25(8-12-27)26-9-13-28(14-10-26)30-22-38-36(40-30)32-16-18-42(6)44(32)34(46)20-24(3)4/h7-14,21-24,31-32H,15-20H2,1-6H3,(H,37,39)(H,38,40). The van der Waals surface area contributed by atoms with E-state index in [2.05, 4.69) is 96.2 Å². The van der Waals surface area contributed by atoms with Crippen molar-refractivity contribution in [1.29, 1.82) is 0 Å². The summed E-state index contributed by atoms with van der Waals surface area (Å²) in [6.07, 6.45) is 6.50. The smallest absolute Gasteiger partial charge is 0.237 e. The molecule has 0 radical (unpaired) electrons. The van der Waals surface area contributed by atoms with Gasteiger partial charge in [0.05, 0.1) is 23.8 Å².